The molecule has 6 heteroatoms. The molecule has 1 aromatic heterocycles. The summed E-state index contributed by atoms with van der Waals surface area (Å²) in [5, 5.41) is 9.06. The van der Waals surface area contributed by atoms with Crippen molar-refractivity contribution >= 4 is 11.9 Å². The molecule has 150 valence electrons. The van der Waals surface area contributed by atoms with Crippen LogP contribution in [0.25, 0.3) is 11.3 Å². The maximum absolute atomic E-state index is 12.4. The third-order valence-corrected chi connectivity index (χ3v) is 5.10. The van der Waals surface area contributed by atoms with Crippen LogP contribution in [0.1, 0.15) is 38.8 Å². The molecule has 1 saturated heterocycles. The van der Waals surface area contributed by atoms with Gasteiger partial charge in [0.15, 0.2) is 5.82 Å². The molecule has 1 amide bonds. The Hall–Kier alpha value is -2.63. The van der Waals surface area contributed by atoms with Gasteiger partial charge in [-0.05, 0) is 52.7 Å². The minimum atomic E-state index is -0.486. The normalized spacial score (nSPS) is 17.6. The molecule has 6 nitrogen and oxygen atoms in total. The molecule has 0 bridgehead atoms. The Morgan fingerprint density at radius 3 is 2.36 bits per heavy atom. The zero-order chi connectivity index (χ0) is 20.5. The number of ether oxygens (including phenoxy) is 1. The summed E-state index contributed by atoms with van der Waals surface area (Å²) in [7, 11) is 0. The minimum Gasteiger partial charge on any atom is -0.444 e. The van der Waals surface area contributed by atoms with Gasteiger partial charge in [-0.2, -0.15) is 0 Å². The second kappa shape index (κ2) is 7.78. The van der Waals surface area contributed by atoms with Gasteiger partial charge in [-0.15, -0.1) is 10.2 Å². The topological polar surface area (TPSA) is 58.6 Å². The van der Waals surface area contributed by atoms with Crippen LogP contribution in [0.5, 0.6) is 0 Å². The van der Waals surface area contributed by atoms with Crippen molar-refractivity contribution in [3.63, 3.8) is 0 Å². The van der Waals surface area contributed by atoms with Crippen molar-refractivity contribution in [2.45, 2.75) is 53.2 Å². The molecule has 1 aliphatic rings. The van der Waals surface area contributed by atoms with E-state index >= 15 is 0 Å². The highest BCUT2D eigenvalue weighted by atomic mass is 16.6. The number of benzene rings is 1. The lowest BCUT2D eigenvalue weighted by molar-refractivity contribution is 0.0158. The molecule has 1 fully saturated rings. The number of piperazine rings is 1. The lowest BCUT2D eigenvalue weighted by atomic mass is 10.0. The summed E-state index contributed by atoms with van der Waals surface area (Å²) >= 11 is 0. The fraction of sp³-hybridized carbons (Fsp3) is 0.500. The zero-order valence-electron chi connectivity index (χ0n) is 17.7. The summed E-state index contributed by atoms with van der Waals surface area (Å²) in [6.07, 6.45) is -0.252. The van der Waals surface area contributed by atoms with Crippen LogP contribution in [0.15, 0.2) is 30.3 Å². The maximum atomic E-state index is 12.4. The number of carbonyl (C=O) groups is 1. The van der Waals surface area contributed by atoms with Crippen LogP contribution in [0.3, 0.4) is 0 Å². The first kappa shape index (κ1) is 20.1. The SMILES string of the molecule is Cc1c(-c2ccccc2)nnc(N2CCN(C(=O)OC(C)(C)C)[C@@H](C)C2)c1C. The zero-order valence-corrected chi connectivity index (χ0v) is 17.7. The third-order valence-electron chi connectivity index (χ3n) is 5.10. The molecule has 1 atom stereocenters. The third kappa shape index (κ3) is 4.26. The molecule has 0 radical (unpaired) electrons. The summed E-state index contributed by atoms with van der Waals surface area (Å²) < 4.78 is 5.54. The highest BCUT2D eigenvalue weighted by Crippen LogP contribution is 2.29. The van der Waals surface area contributed by atoms with Gasteiger partial charge in [0.1, 0.15) is 5.60 Å². The Morgan fingerprint density at radius 1 is 1.07 bits per heavy atom. The van der Waals surface area contributed by atoms with Gasteiger partial charge in [0, 0.05) is 31.2 Å². The van der Waals surface area contributed by atoms with E-state index in [0.717, 1.165) is 28.2 Å². The van der Waals surface area contributed by atoms with Crippen LogP contribution in [0.4, 0.5) is 10.6 Å². The number of amides is 1. The molecule has 28 heavy (non-hydrogen) atoms. The Balaban J connectivity index is 1.77. The largest absolute Gasteiger partial charge is 0.444 e. The molecule has 0 N–H and O–H groups in total. The van der Waals surface area contributed by atoms with Crippen molar-refractivity contribution < 1.29 is 9.53 Å². The molecule has 0 saturated carbocycles. The van der Waals surface area contributed by atoms with Crippen molar-refractivity contribution in [2.75, 3.05) is 24.5 Å². The summed E-state index contributed by atoms with van der Waals surface area (Å²) in [6, 6.07) is 10.2. The quantitative estimate of drug-likeness (QED) is 0.779. The van der Waals surface area contributed by atoms with E-state index in [2.05, 4.69) is 41.1 Å². The standard InChI is InChI=1S/C22H30N4O2/c1-15-14-25(12-13-26(15)21(27)28-22(4,5)6)20-17(3)16(2)19(23-24-20)18-10-8-7-9-11-18/h7-11,15H,12-14H2,1-6H3/t15-/m0/s1. The highest BCUT2D eigenvalue weighted by molar-refractivity contribution is 5.70. The van der Waals surface area contributed by atoms with Crippen molar-refractivity contribution in [3.05, 3.63) is 41.5 Å². The Kier molecular flexibility index (Phi) is 5.59. The fourth-order valence-corrected chi connectivity index (χ4v) is 3.51. The smallest absolute Gasteiger partial charge is 0.410 e. The summed E-state index contributed by atoms with van der Waals surface area (Å²) in [6.45, 7) is 13.9. The van der Waals surface area contributed by atoms with Gasteiger partial charge in [-0.1, -0.05) is 30.3 Å². The summed E-state index contributed by atoms with van der Waals surface area (Å²) in [5.41, 5.74) is 3.78. The van der Waals surface area contributed by atoms with E-state index in [0.29, 0.717) is 19.6 Å². The molecule has 0 unspecified atom stereocenters. The summed E-state index contributed by atoms with van der Waals surface area (Å²) in [5.74, 6) is 0.896. The van der Waals surface area contributed by atoms with E-state index in [1.54, 1.807) is 4.90 Å². The van der Waals surface area contributed by atoms with Crippen LogP contribution in [-0.2, 0) is 4.74 Å². The first-order valence-corrected chi connectivity index (χ1v) is 9.81. The number of hydrogen-bond acceptors (Lipinski definition) is 5. The molecular formula is C22H30N4O2. The van der Waals surface area contributed by atoms with Gasteiger partial charge in [0.2, 0.25) is 0 Å². The number of anilines is 1. The average Bonchev–Trinajstić information content (AvgIpc) is 2.63. The minimum absolute atomic E-state index is 0.0407. The predicted molar refractivity (Wildman–Crippen MR) is 112 cm³/mol. The van der Waals surface area contributed by atoms with E-state index in [1.165, 1.54) is 0 Å². The van der Waals surface area contributed by atoms with Crippen LogP contribution in [0, 0.1) is 13.8 Å². The molecule has 0 aliphatic carbocycles. The first-order chi connectivity index (χ1) is 13.2. The second-order valence-corrected chi connectivity index (χ2v) is 8.46. The van der Waals surface area contributed by atoms with Gasteiger partial charge in [-0.3, -0.25) is 0 Å². The van der Waals surface area contributed by atoms with E-state index in [9.17, 15) is 4.79 Å². The molecule has 2 heterocycles. The van der Waals surface area contributed by atoms with Crippen molar-refractivity contribution in [1.82, 2.24) is 15.1 Å². The molecule has 2 aromatic rings. The molecule has 3 rings (SSSR count). The van der Waals surface area contributed by atoms with Crippen molar-refractivity contribution in [1.29, 1.82) is 0 Å². The molecule has 1 aliphatic heterocycles. The molecular weight excluding hydrogens is 352 g/mol. The number of aromatic nitrogens is 2. The highest BCUT2D eigenvalue weighted by Gasteiger charge is 2.32. The van der Waals surface area contributed by atoms with Gasteiger partial charge in [0.25, 0.3) is 0 Å². The molecule has 1 aromatic carbocycles. The number of hydrogen-bond donors (Lipinski definition) is 0. The van der Waals surface area contributed by atoms with E-state index in [-0.39, 0.29) is 12.1 Å². The van der Waals surface area contributed by atoms with E-state index < -0.39 is 5.60 Å². The average molecular weight is 383 g/mol. The second-order valence-electron chi connectivity index (χ2n) is 8.46. The van der Waals surface area contributed by atoms with Crippen LogP contribution in [0.2, 0.25) is 0 Å². The Bertz CT molecular complexity index is 846. The maximum Gasteiger partial charge on any atom is 0.410 e. The Labute approximate surface area is 167 Å². The van der Waals surface area contributed by atoms with Gasteiger partial charge in [0.05, 0.1) is 5.69 Å². The summed E-state index contributed by atoms with van der Waals surface area (Å²) in [4.78, 5) is 16.5. The lowest BCUT2D eigenvalue weighted by Crippen LogP contribution is -2.55. The number of rotatable bonds is 2. The van der Waals surface area contributed by atoms with Crippen LogP contribution >= 0.6 is 0 Å². The van der Waals surface area contributed by atoms with Crippen molar-refractivity contribution in [2.24, 2.45) is 0 Å². The van der Waals surface area contributed by atoms with E-state index in [1.807, 2.05) is 45.9 Å². The van der Waals surface area contributed by atoms with E-state index in [4.69, 9.17) is 4.74 Å². The fourth-order valence-electron chi connectivity index (χ4n) is 3.51. The van der Waals surface area contributed by atoms with Crippen LogP contribution < -0.4 is 4.90 Å². The first-order valence-electron chi connectivity index (χ1n) is 9.81. The monoisotopic (exact) mass is 382 g/mol. The lowest BCUT2D eigenvalue weighted by Gasteiger charge is -2.41. The number of carbonyl (C=O) groups excluding carboxylic acids is 1. The Morgan fingerprint density at radius 2 is 1.75 bits per heavy atom. The predicted octanol–water partition coefficient (Wildman–Crippen LogP) is 4.21. The van der Waals surface area contributed by atoms with Gasteiger partial charge in [-0.25, -0.2) is 4.79 Å². The van der Waals surface area contributed by atoms with Gasteiger partial charge >= 0.3 is 6.09 Å². The molecule has 0 spiro atoms. The van der Waals surface area contributed by atoms with Gasteiger partial charge < -0.3 is 14.5 Å². The van der Waals surface area contributed by atoms with Crippen molar-refractivity contribution in [3.8, 4) is 11.3 Å². The number of nitrogens with zero attached hydrogens (tertiary/aromatic N) is 4. The van der Waals surface area contributed by atoms with Crippen LogP contribution in [-0.4, -0.2) is 52.5 Å².